The van der Waals surface area contributed by atoms with Crippen LogP contribution in [0, 0.1) is 11.8 Å². The fourth-order valence-electron chi connectivity index (χ4n) is 4.79. The molecule has 3 aromatic carbocycles. The van der Waals surface area contributed by atoms with Crippen LogP contribution < -0.4 is 0 Å². The smallest absolute Gasteiger partial charge is 0.309 e. The maximum absolute atomic E-state index is 11.8. The number of fused-ring (bicyclic) bond motifs is 5. The monoisotopic (exact) mass is 533 g/mol. The van der Waals surface area contributed by atoms with Gasteiger partial charge >= 0.3 is 5.97 Å². The first kappa shape index (κ1) is 25.3. The number of thioether (sulfide) groups is 3. The zero-order valence-electron chi connectivity index (χ0n) is 20.3. The molecule has 7 rings (SSSR count). The number of hydrogen-bond donors (Lipinski definition) is 0. The second-order valence-electron chi connectivity index (χ2n) is 8.87. The zero-order valence-corrected chi connectivity index (χ0v) is 22.8. The van der Waals surface area contributed by atoms with E-state index in [4.69, 9.17) is 4.74 Å². The molecule has 4 aliphatic rings. The molecule has 186 valence electrons. The van der Waals surface area contributed by atoms with Gasteiger partial charge in [-0.1, -0.05) is 84.6 Å². The van der Waals surface area contributed by atoms with Crippen molar-refractivity contribution >= 4 is 47.3 Å². The van der Waals surface area contributed by atoms with Crippen LogP contribution in [0.15, 0.2) is 105 Å². The van der Waals surface area contributed by atoms with Crippen LogP contribution in [0.1, 0.15) is 31.0 Å². The Bertz CT molecular complexity index is 1250. The molecule has 0 spiro atoms. The van der Waals surface area contributed by atoms with Crippen LogP contribution in [0.3, 0.4) is 0 Å². The Kier molecular flexibility index (Phi) is 8.63. The van der Waals surface area contributed by atoms with Gasteiger partial charge in [0, 0.05) is 33.5 Å². The third-order valence-corrected chi connectivity index (χ3v) is 9.85. The van der Waals surface area contributed by atoms with Crippen molar-refractivity contribution in [2.24, 2.45) is 11.8 Å². The van der Waals surface area contributed by atoms with Crippen molar-refractivity contribution in [1.29, 1.82) is 0 Å². The summed E-state index contributed by atoms with van der Waals surface area (Å²) in [6, 6.07) is 25.5. The van der Waals surface area contributed by atoms with Crippen LogP contribution in [0.5, 0.6) is 0 Å². The van der Waals surface area contributed by atoms with Crippen LogP contribution in [0.25, 0.3) is 6.08 Å². The van der Waals surface area contributed by atoms with Gasteiger partial charge in [-0.25, -0.2) is 0 Å². The highest BCUT2D eigenvalue weighted by Gasteiger charge is 2.58. The third kappa shape index (κ3) is 5.96. The first-order chi connectivity index (χ1) is 17.8. The molecule has 2 nitrogen and oxygen atoms in total. The average molecular weight is 534 g/mol. The number of carbonyl (C=O) groups is 1. The van der Waals surface area contributed by atoms with E-state index in [0.29, 0.717) is 18.4 Å². The number of carbonyl (C=O) groups excluding carboxylic acids is 1. The SMILES string of the molecule is C1=CSc2ccccc2C1.C1=Cc2ccccc2SC1.CCOC(=O)[C@@H]1C2CSc3ccccc3C21.[2HH]. The van der Waals surface area contributed by atoms with Crippen molar-refractivity contribution in [3.63, 3.8) is 0 Å². The predicted octanol–water partition coefficient (Wildman–Crippen LogP) is 8.59. The van der Waals surface area contributed by atoms with E-state index in [2.05, 4.69) is 96.4 Å². The van der Waals surface area contributed by atoms with Gasteiger partial charge in [0.15, 0.2) is 0 Å². The molecule has 1 fully saturated rings. The van der Waals surface area contributed by atoms with E-state index < -0.39 is 0 Å². The highest BCUT2D eigenvalue weighted by molar-refractivity contribution is 8.02. The highest BCUT2D eigenvalue weighted by atomic mass is 32.2. The van der Waals surface area contributed by atoms with E-state index >= 15 is 0 Å². The summed E-state index contributed by atoms with van der Waals surface area (Å²) >= 11 is 5.58. The van der Waals surface area contributed by atoms with Crippen LogP contribution in [0.2, 0.25) is 0 Å². The van der Waals surface area contributed by atoms with Gasteiger partial charge < -0.3 is 4.74 Å². The normalized spacial score (nSPS) is 21.6. The Morgan fingerprint density at radius 1 is 0.917 bits per heavy atom. The molecule has 0 aromatic heterocycles. The molecule has 2 unspecified atom stereocenters. The number of hydrogen-bond acceptors (Lipinski definition) is 5. The Morgan fingerprint density at radius 2 is 1.67 bits per heavy atom. The minimum Gasteiger partial charge on any atom is -0.466 e. The molecular formula is C31H32O2S3. The van der Waals surface area contributed by atoms with Gasteiger partial charge in [0.25, 0.3) is 0 Å². The second kappa shape index (κ2) is 12.3. The average Bonchev–Trinajstić information content (AvgIpc) is 3.70. The molecule has 3 atom stereocenters. The molecule has 0 radical (unpaired) electrons. The standard InChI is InChI=1S/C13H14O2S.2C9H8S.H2/c1-2-15-13(14)12-9-7-16-10-6-4-3-5-8(10)11(9)12;2*1-2-6-9-8(4-1)5-3-7-10-9;/h3-6,9,11-12H,2,7H2,1H3;1-4,6-7H,5H2;1-6H,7H2;1H/t9?,11?,12-;;;/m1.../s1/i;;;1+1. The predicted molar refractivity (Wildman–Crippen MR) is 157 cm³/mol. The minimum absolute atomic E-state index is 0. The Morgan fingerprint density at radius 3 is 2.47 bits per heavy atom. The summed E-state index contributed by atoms with van der Waals surface area (Å²) in [4.78, 5) is 15.9. The third-order valence-electron chi connectivity index (χ3n) is 6.59. The van der Waals surface area contributed by atoms with E-state index in [0.717, 1.165) is 17.9 Å². The summed E-state index contributed by atoms with van der Waals surface area (Å²) in [5.41, 5.74) is 4.16. The summed E-state index contributed by atoms with van der Waals surface area (Å²) in [5.74, 6) is 3.24. The Labute approximate surface area is 228 Å². The largest absolute Gasteiger partial charge is 0.466 e. The number of esters is 1. The number of ether oxygens (including phenoxy) is 1. The van der Waals surface area contributed by atoms with Crippen LogP contribution in [0.4, 0.5) is 0 Å². The summed E-state index contributed by atoms with van der Waals surface area (Å²) in [7, 11) is 0. The van der Waals surface area contributed by atoms with Crippen molar-refractivity contribution < 1.29 is 11.0 Å². The topological polar surface area (TPSA) is 26.3 Å². The molecule has 36 heavy (non-hydrogen) atoms. The van der Waals surface area contributed by atoms with Gasteiger partial charge in [0.1, 0.15) is 0 Å². The van der Waals surface area contributed by atoms with Crippen molar-refractivity contribution in [3.05, 3.63) is 107 Å². The van der Waals surface area contributed by atoms with Crippen molar-refractivity contribution in [2.75, 3.05) is 18.1 Å². The maximum Gasteiger partial charge on any atom is 0.309 e. The van der Waals surface area contributed by atoms with Crippen LogP contribution in [-0.2, 0) is 16.0 Å². The molecule has 0 saturated heterocycles. The molecule has 0 N–H and O–H groups in total. The number of benzene rings is 3. The van der Waals surface area contributed by atoms with Gasteiger partial charge in [0.2, 0.25) is 0 Å². The molecule has 1 aliphatic carbocycles. The van der Waals surface area contributed by atoms with Crippen LogP contribution in [-0.4, -0.2) is 24.1 Å². The van der Waals surface area contributed by atoms with E-state index in [9.17, 15) is 4.79 Å². The number of allylic oxidation sites excluding steroid dienone is 1. The Balaban J connectivity index is 0.000000134. The molecule has 3 aliphatic heterocycles. The maximum atomic E-state index is 11.8. The summed E-state index contributed by atoms with van der Waals surface area (Å²) in [5, 5.41) is 2.16. The van der Waals surface area contributed by atoms with Gasteiger partial charge in [-0.3, -0.25) is 4.79 Å². The second-order valence-corrected chi connectivity index (χ2v) is 11.9. The van der Waals surface area contributed by atoms with Gasteiger partial charge in [-0.15, -0.1) is 23.5 Å². The highest BCUT2D eigenvalue weighted by Crippen LogP contribution is 2.61. The molecule has 1 saturated carbocycles. The van der Waals surface area contributed by atoms with E-state index in [-0.39, 0.29) is 13.3 Å². The van der Waals surface area contributed by atoms with Gasteiger partial charge in [0.05, 0.1) is 12.5 Å². The lowest BCUT2D eigenvalue weighted by Crippen LogP contribution is -2.08. The number of rotatable bonds is 2. The summed E-state index contributed by atoms with van der Waals surface area (Å²) in [6.07, 6.45) is 7.69. The lowest BCUT2D eigenvalue weighted by atomic mass is 10.1. The molecule has 3 heterocycles. The lowest BCUT2D eigenvalue weighted by molar-refractivity contribution is -0.145. The molecular weight excluding hydrogens is 501 g/mol. The van der Waals surface area contributed by atoms with Gasteiger partial charge in [-0.05, 0) is 59.6 Å². The minimum atomic E-state index is -0.00481. The molecule has 3 aromatic rings. The summed E-state index contributed by atoms with van der Waals surface area (Å²) in [6.45, 7) is 2.36. The first-order valence-electron chi connectivity index (χ1n) is 12.4. The lowest BCUT2D eigenvalue weighted by Gasteiger charge is -2.12. The van der Waals surface area contributed by atoms with E-state index in [1.807, 2.05) is 42.2 Å². The Hall–Kier alpha value is -2.34. The zero-order chi connectivity index (χ0) is 24.7. The van der Waals surface area contributed by atoms with Crippen molar-refractivity contribution in [3.8, 4) is 0 Å². The molecule has 0 amide bonds. The summed E-state index contributed by atoms with van der Waals surface area (Å²) < 4.78 is 5.12. The van der Waals surface area contributed by atoms with E-state index in [1.165, 1.54) is 31.4 Å². The quantitative estimate of drug-likeness (QED) is 0.307. The van der Waals surface area contributed by atoms with Crippen molar-refractivity contribution in [2.45, 2.75) is 33.9 Å². The first-order valence-corrected chi connectivity index (χ1v) is 15.3. The molecule has 5 heteroatoms. The fourth-order valence-corrected chi connectivity index (χ4v) is 7.77. The van der Waals surface area contributed by atoms with E-state index in [1.54, 1.807) is 0 Å². The van der Waals surface area contributed by atoms with Crippen LogP contribution >= 0.6 is 35.3 Å². The fraction of sp³-hybridized carbons (Fsp3) is 0.258. The van der Waals surface area contributed by atoms with Gasteiger partial charge in [-0.2, -0.15) is 0 Å². The molecule has 0 bridgehead atoms. The van der Waals surface area contributed by atoms with Crippen molar-refractivity contribution in [1.82, 2.24) is 0 Å².